The molecule has 2 N–H and O–H groups in total. The van der Waals surface area contributed by atoms with E-state index < -0.39 is 6.10 Å². The summed E-state index contributed by atoms with van der Waals surface area (Å²) in [6.45, 7) is 4.29. The lowest BCUT2D eigenvalue weighted by atomic mass is 10.0. The molecule has 0 aliphatic carbocycles. The third kappa shape index (κ3) is 3.07. The van der Waals surface area contributed by atoms with Crippen molar-refractivity contribution in [2.24, 2.45) is 0 Å². The molecule has 0 saturated carbocycles. The van der Waals surface area contributed by atoms with E-state index in [1.807, 2.05) is 13.8 Å². The highest BCUT2D eigenvalue weighted by molar-refractivity contribution is 6.01. The van der Waals surface area contributed by atoms with Crippen LogP contribution < -0.4 is 15.4 Å². The molecule has 24 heavy (non-hydrogen) atoms. The van der Waals surface area contributed by atoms with Crippen molar-refractivity contribution in [1.29, 1.82) is 0 Å². The van der Waals surface area contributed by atoms with E-state index in [9.17, 15) is 4.79 Å². The number of fused-ring (bicyclic) bond motifs is 1. The number of ether oxygens (including phenoxy) is 1. The van der Waals surface area contributed by atoms with Crippen LogP contribution in [0.15, 0.2) is 36.4 Å². The number of anilines is 2. The molecular formula is C20H20N2O2. The van der Waals surface area contributed by atoms with Gasteiger partial charge in [-0.15, -0.1) is 6.42 Å². The van der Waals surface area contributed by atoms with Gasteiger partial charge in [-0.3, -0.25) is 9.69 Å². The number of nitrogens with zero attached hydrogens (tertiary/aromatic N) is 1. The van der Waals surface area contributed by atoms with E-state index in [4.69, 9.17) is 16.9 Å². The second-order valence-electron chi connectivity index (χ2n) is 6.16. The van der Waals surface area contributed by atoms with Crippen LogP contribution in [0.2, 0.25) is 0 Å². The van der Waals surface area contributed by atoms with Crippen LogP contribution in [0.4, 0.5) is 11.4 Å². The maximum absolute atomic E-state index is 12.8. The zero-order valence-corrected chi connectivity index (χ0v) is 13.9. The van der Waals surface area contributed by atoms with Crippen LogP contribution >= 0.6 is 0 Å². The van der Waals surface area contributed by atoms with Gasteiger partial charge < -0.3 is 10.5 Å². The fraction of sp³-hybridized carbons (Fsp3) is 0.250. The Labute approximate surface area is 142 Å². The van der Waals surface area contributed by atoms with Crippen molar-refractivity contribution in [3.63, 3.8) is 0 Å². The quantitative estimate of drug-likeness (QED) is 0.699. The molecule has 4 heteroatoms. The summed E-state index contributed by atoms with van der Waals surface area (Å²) in [5.41, 5.74) is 10.4. The molecule has 1 unspecified atom stereocenters. The largest absolute Gasteiger partial charge is 0.478 e. The van der Waals surface area contributed by atoms with Crippen LogP contribution in [0.25, 0.3) is 0 Å². The van der Waals surface area contributed by atoms with Crippen molar-refractivity contribution >= 4 is 17.3 Å². The van der Waals surface area contributed by atoms with Crippen molar-refractivity contribution < 1.29 is 9.53 Å². The molecular weight excluding hydrogens is 300 g/mol. The average Bonchev–Trinajstić information content (AvgIpc) is 2.51. The number of hydrogen-bond acceptors (Lipinski definition) is 3. The van der Waals surface area contributed by atoms with Gasteiger partial charge in [0.25, 0.3) is 5.91 Å². The van der Waals surface area contributed by atoms with E-state index in [1.165, 1.54) is 11.1 Å². The van der Waals surface area contributed by atoms with Gasteiger partial charge in [-0.25, -0.2) is 0 Å². The zero-order valence-electron chi connectivity index (χ0n) is 13.9. The highest BCUT2D eigenvalue weighted by Gasteiger charge is 2.34. The lowest BCUT2D eigenvalue weighted by Crippen LogP contribution is -2.47. The molecule has 2 aromatic rings. The van der Waals surface area contributed by atoms with Crippen LogP contribution in [0, 0.1) is 26.2 Å². The number of terminal acetylenes is 1. The van der Waals surface area contributed by atoms with Crippen LogP contribution in [0.5, 0.6) is 5.75 Å². The summed E-state index contributed by atoms with van der Waals surface area (Å²) in [6.07, 6.45) is 5.36. The average molecular weight is 320 g/mol. The molecule has 1 atom stereocenters. The third-order valence-electron chi connectivity index (χ3n) is 4.04. The van der Waals surface area contributed by atoms with E-state index in [2.05, 4.69) is 24.1 Å². The molecule has 122 valence electrons. The van der Waals surface area contributed by atoms with Gasteiger partial charge in [0.05, 0.1) is 12.2 Å². The number of nitrogens with two attached hydrogens (primary N) is 1. The molecule has 1 amide bonds. The summed E-state index contributed by atoms with van der Waals surface area (Å²) in [5, 5.41) is 0. The van der Waals surface area contributed by atoms with Crippen molar-refractivity contribution in [3.8, 4) is 18.1 Å². The molecule has 1 aliphatic rings. The maximum atomic E-state index is 12.8. The number of hydrogen-bond donors (Lipinski definition) is 1. The highest BCUT2D eigenvalue weighted by atomic mass is 16.5. The molecule has 4 nitrogen and oxygen atoms in total. The van der Waals surface area contributed by atoms with E-state index in [0.29, 0.717) is 23.5 Å². The minimum absolute atomic E-state index is 0.134. The number of carbonyl (C=O) groups is 1. The van der Waals surface area contributed by atoms with Gasteiger partial charge in [-0.05, 0) is 37.6 Å². The summed E-state index contributed by atoms with van der Waals surface area (Å²) >= 11 is 0. The van der Waals surface area contributed by atoms with E-state index in [-0.39, 0.29) is 12.5 Å². The molecule has 0 aromatic heterocycles. The number of amides is 1. The van der Waals surface area contributed by atoms with Crippen molar-refractivity contribution in [3.05, 3.63) is 53.1 Å². The van der Waals surface area contributed by atoms with Crippen LogP contribution in [0.1, 0.15) is 16.7 Å². The number of aryl methyl sites for hydroxylation is 2. The molecule has 0 radical (unpaired) electrons. The lowest BCUT2D eigenvalue weighted by molar-refractivity contribution is -0.126. The first-order valence-electron chi connectivity index (χ1n) is 7.86. The topological polar surface area (TPSA) is 55.6 Å². The molecule has 1 heterocycles. The van der Waals surface area contributed by atoms with E-state index in [0.717, 1.165) is 5.56 Å². The van der Waals surface area contributed by atoms with Gasteiger partial charge in [0.15, 0.2) is 6.10 Å². The highest BCUT2D eigenvalue weighted by Crippen LogP contribution is 2.36. The molecule has 0 fully saturated rings. The van der Waals surface area contributed by atoms with Crippen molar-refractivity contribution in [2.45, 2.75) is 26.4 Å². The molecule has 0 bridgehead atoms. The maximum Gasteiger partial charge on any atom is 0.269 e. The van der Waals surface area contributed by atoms with Crippen LogP contribution in [-0.2, 0) is 11.2 Å². The van der Waals surface area contributed by atoms with Gasteiger partial charge in [0.1, 0.15) is 5.75 Å². The number of carbonyl (C=O) groups excluding carboxylic acids is 1. The molecule has 2 aromatic carbocycles. The smallest absolute Gasteiger partial charge is 0.269 e. The predicted octanol–water partition coefficient (Wildman–Crippen LogP) is 2.86. The predicted molar refractivity (Wildman–Crippen MR) is 96.1 cm³/mol. The zero-order chi connectivity index (χ0) is 17.3. The lowest BCUT2D eigenvalue weighted by Gasteiger charge is -2.33. The Kier molecular flexibility index (Phi) is 4.18. The summed E-state index contributed by atoms with van der Waals surface area (Å²) in [5.74, 6) is 3.04. The summed E-state index contributed by atoms with van der Waals surface area (Å²) < 4.78 is 5.94. The monoisotopic (exact) mass is 320 g/mol. The molecule has 0 saturated heterocycles. The first-order valence-corrected chi connectivity index (χ1v) is 7.86. The van der Waals surface area contributed by atoms with E-state index >= 15 is 0 Å². The Bertz CT molecular complexity index is 816. The second-order valence-corrected chi connectivity index (χ2v) is 6.16. The molecule has 3 rings (SSSR count). The third-order valence-corrected chi connectivity index (χ3v) is 4.04. The summed E-state index contributed by atoms with van der Waals surface area (Å²) in [6, 6.07) is 11.5. The Morgan fingerprint density at radius 2 is 1.92 bits per heavy atom. The first kappa shape index (κ1) is 15.9. The van der Waals surface area contributed by atoms with Crippen molar-refractivity contribution in [1.82, 2.24) is 0 Å². The minimum atomic E-state index is -0.587. The Hall–Kier alpha value is -2.93. The Morgan fingerprint density at radius 3 is 2.58 bits per heavy atom. The van der Waals surface area contributed by atoms with Crippen molar-refractivity contribution in [2.75, 3.05) is 17.2 Å². The number of benzene rings is 2. The fourth-order valence-corrected chi connectivity index (χ4v) is 3.13. The minimum Gasteiger partial charge on any atom is -0.478 e. The first-order chi connectivity index (χ1) is 11.5. The number of rotatable bonds is 3. The van der Waals surface area contributed by atoms with Gasteiger partial charge in [0.2, 0.25) is 0 Å². The Balaban J connectivity index is 1.94. The van der Waals surface area contributed by atoms with Gasteiger partial charge in [-0.1, -0.05) is 35.2 Å². The standard InChI is InChI=1S/C20H20N2O2/c1-4-7-22-17-12-16(21)5-6-18(17)24-19(20(22)23)11-15-9-13(2)8-14(3)10-15/h1,5-6,8-10,12,19H,7,11,21H2,2-3H3. The fourth-order valence-electron chi connectivity index (χ4n) is 3.13. The number of nitrogen functional groups attached to an aromatic ring is 1. The van der Waals surface area contributed by atoms with Crippen LogP contribution in [-0.4, -0.2) is 18.6 Å². The normalized spacial score (nSPS) is 16.3. The molecule has 1 aliphatic heterocycles. The summed E-state index contributed by atoms with van der Waals surface area (Å²) in [7, 11) is 0. The van der Waals surface area contributed by atoms with Gasteiger partial charge in [-0.2, -0.15) is 0 Å². The Morgan fingerprint density at radius 1 is 1.21 bits per heavy atom. The van der Waals surface area contributed by atoms with Gasteiger partial charge >= 0.3 is 0 Å². The SMILES string of the molecule is C#CCN1C(=O)C(Cc2cc(C)cc(C)c2)Oc2ccc(N)cc21. The second kappa shape index (κ2) is 6.29. The molecule has 0 spiro atoms. The van der Waals surface area contributed by atoms with Crippen LogP contribution in [0.3, 0.4) is 0 Å². The van der Waals surface area contributed by atoms with Gasteiger partial charge in [0, 0.05) is 12.1 Å². The summed E-state index contributed by atoms with van der Waals surface area (Å²) in [4.78, 5) is 14.4. The van der Waals surface area contributed by atoms with E-state index in [1.54, 1.807) is 23.1 Å².